The standard InChI is InChI=1S/C16H19NO3S/c1-12(18)13-4-6-15(7-5-13)20-11-14(19)9-17-10-16-3-2-8-21-16/h2-8,14,17,19H,9-11H2,1H3/p+1/t14-/m0/s1. The number of ketones is 1. The summed E-state index contributed by atoms with van der Waals surface area (Å²) in [5.41, 5.74) is 0.659. The van der Waals surface area contributed by atoms with E-state index in [4.69, 9.17) is 4.74 Å². The van der Waals surface area contributed by atoms with E-state index in [2.05, 4.69) is 11.4 Å². The maximum Gasteiger partial charge on any atom is 0.159 e. The van der Waals surface area contributed by atoms with E-state index in [0.717, 1.165) is 6.54 Å². The Hall–Kier alpha value is -1.69. The Morgan fingerprint density at radius 1 is 1.33 bits per heavy atom. The number of benzene rings is 1. The van der Waals surface area contributed by atoms with E-state index in [1.54, 1.807) is 35.6 Å². The van der Waals surface area contributed by atoms with Crippen molar-refractivity contribution in [2.75, 3.05) is 13.2 Å². The van der Waals surface area contributed by atoms with Crippen LogP contribution in [0.25, 0.3) is 0 Å². The minimum atomic E-state index is -0.516. The molecule has 3 N–H and O–H groups in total. The number of ether oxygens (including phenoxy) is 1. The number of rotatable bonds is 8. The second-order valence-corrected chi connectivity index (χ2v) is 5.89. The molecule has 1 aromatic heterocycles. The molecule has 0 amide bonds. The number of quaternary nitrogens is 1. The highest BCUT2D eigenvalue weighted by Gasteiger charge is 2.08. The maximum absolute atomic E-state index is 11.2. The molecule has 0 aliphatic rings. The molecule has 112 valence electrons. The van der Waals surface area contributed by atoms with Crippen molar-refractivity contribution in [2.24, 2.45) is 0 Å². The van der Waals surface area contributed by atoms with Crippen LogP contribution in [0.4, 0.5) is 0 Å². The molecule has 1 atom stereocenters. The normalized spacial score (nSPS) is 12.1. The Kier molecular flexibility index (Phi) is 5.92. The SMILES string of the molecule is CC(=O)c1ccc(OC[C@@H](O)C[NH2+]Cc2cccs2)cc1. The second kappa shape index (κ2) is 7.93. The average molecular weight is 306 g/mol. The number of nitrogens with two attached hydrogens (primary N) is 1. The van der Waals surface area contributed by atoms with Crippen molar-refractivity contribution in [1.29, 1.82) is 0 Å². The molecule has 5 heteroatoms. The van der Waals surface area contributed by atoms with Crippen molar-refractivity contribution in [1.82, 2.24) is 0 Å². The van der Waals surface area contributed by atoms with Crippen LogP contribution in [-0.2, 0) is 6.54 Å². The highest BCUT2D eigenvalue weighted by Crippen LogP contribution is 2.12. The van der Waals surface area contributed by atoms with E-state index in [0.29, 0.717) is 17.9 Å². The molecule has 0 unspecified atom stereocenters. The summed E-state index contributed by atoms with van der Waals surface area (Å²) in [4.78, 5) is 12.4. The number of thiophene rings is 1. The van der Waals surface area contributed by atoms with Gasteiger partial charge in [-0.25, -0.2) is 0 Å². The van der Waals surface area contributed by atoms with Crippen LogP contribution in [0, 0.1) is 0 Å². The smallest absolute Gasteiger partial charge is 0.159 e. The molecule has 2 rings (SSSR count). The molecule has 0 saturated carbocycles. The monoisotopic (exact) mass is 306 g/mol. The van der Waals surface area contributed by atoms with Crippen molar-refractivity contribution in [2.45, 2.75) is 19.6 Å². The van der Waals surface area contributed by atoms with E-state index < -0.39 is 6.10 Å². The Balaban J connectivity index is 1.68. The van der Waals surface area contributed by atoms with Crippen molar-refractivity contribution < 1.29 is 20.0 Å². The van der Waals surface area contributed by atoms with Crippen LogP contribution in [0.1, 0.15) is 22.2 Å². The first-order chi connectivity index (χ1) is 10.1. The van der Waals surface area contributed by atoms with Gasteiger partial charge in [-0.2, -0.15) is 0 Å². The summed E-state index contributed by atoms with van der Waals surface area (Å²) >= 11 is 1.72. The lowest BCUT2D eigenvalue weighted by molar-refractivity contribution is -0.676. The minimum absolute atomic E-state index is 0.0322. The number of aliphatic hydroxyl groups excluding tert-OH is 1. The minimum Gasteiger partial charge on any atom is -0.491 e. The third-order valence-electron chi connectivity index (χ3n) is 3.07. The molecule has 1 aromatic carbocycles. The van der Waals surface area contributed by atoms with Crippen LogP contribution in [-0.4, -0.2) is 30.1 Å². The molecular formula is C16H20NO3S+. The van der Waals surface area contributed by atoms with Gasteiger partial charge in [0.1, 0.15) is 31.5 Å². The van der Waals surface area contributed by atoms with Crippen LogP contribution < -0.4 is 10.1 Å². The summed E-state index contributed by atoms with van der Waals surface area (Å²) in [6.07, 6.45) is -0.516. The fraction of sp³-hybridized carbons (Fsp3) is 0.312. The second-order valence-electron chi connectivity index (χ2n) is 4.85. The highest BCUT2D eigenvalue weighted by molar-refractivity contribution is 7.09. The van der Waals surface area contributed by atoms with Crippen molar-refractivity contribution in [3.05, 3.63) is 52.2 Å². The van der Waals surface area contributed by atoms with Crippen LogP contribution in [0.5, 0.6) is 5.75 Å². The van der Waals surface area contributed by atoms with E-state index in [-0.39, 0.29) is 12.4 Å². The molecule has 2 aromatic rings. The first-order valence-corrected chi connectivity index (χ1v) is 7.79. The van der Waals surface area contributed by atoms with Gasteiger partial charge in [-0.05, 0) is 42.6 Å². The molecule has 0 aliphatic heterocycles. The third kappa shape index (κ3) is 5.30. The number of Topliss-reactive ketones (excluding diaryl/α,β-unsaturated/α-hetero) is 1. The molecule has 0 spiro atoms. The first-order valence-electron chi connectivity index (χ1n) is 6.91. The van der Waals surface area contributed by atoms with Gasteiger partial charge in [-0.15, -0.1) is 11.3 Å². The third-order valence-corrected chi connectivity index (χ3v) is 3.97. The zero-order valence-electron chi connectivity index (χ0n) is 12.0. The fourth-order valence-corrected chi connectivity index (χ4v) is 2.60. The van der Waals surface area contributed by atoms with Gasteiger partial charge < -0.3 is 15.2 Å². The lowest BCUT2D eigenvalue weighted by Gasteiger charge is -2.11. The van der Waals surface area contributed by atoms with Gasteiger partial charge in [-0.3, -0.25) is 4.79 Å². The van der Waals surface area contributed by atoms with Gasteiger partial charge in [0.05, 0.1) is 4.88 Å². The van der Waals surface area contributed by atoms with Gasteiger partial charge in [-0.1, -0.05) is 6.07 Å². The fourth-order valence-electron chi connectivity index (χ4n) is 1.89. The van der Waals surface area contributed by atoms with Crippen LogP contribution in [0.15, 0.2) is 41.8 Å². The zero-order chi connectivity index (χ0) is 15.1. The molecule has 1 heterocycles. The van der Waals surface area contributed by atoms with Gasteiger partial charge in [0, 0.05) is 5.56 Å². The van der Waals surface area contributed by atoms with Gasteiger partial charge in [0.15, 0.2) is 5.78 Å². The van der Waals surface area contributed by atoms with Crippen molar-refractivity contribution in [3.8, 4) is 5.75 Å². The van der Waals surface area contributed by atoms with Crippen LogP contribution >= 0.6 is 11.3 Å². The molecule has 21 heavy (non-hydrogen) atoms. The van der Waals surface area contributed by atoms with Crippen LogP contribution in [0.3, 0.4) is 0 Å². The summed E-state index contributed by atoms with van der Waals surface area (Å²) in [5, 5.41) is 14.0. The quantitative estimate of drug-likeness (QED) is 0.726. The van der Waals surface area contributed by atoms with E-state index in [1.165, 1.54) is 11.8 Å². The van der Waals surface area contributed by atoms with E-state index in [9.17, 15) is 9.90 Å². The number of aliphatic hydroxyl groups is 1. The molecule has 0 bridgehead atoms. The van der Waals surface area contributed by atoms with Gasteiger partial charge in [0.25, 0.3) is 0 Å². The lowest BCUT2D eigenvalue weighted by Crippen LogP contribution is -2.85. The number of hydrogen-bond donors (Lipinski definition) is 2. The maximum atomic E-state index is 11.2. The number of carbonyl (C=O) groups excluding carboxylic acids is 1. The molecular weight excluding hydrogens is 286 g/mol. The summed E-state index contributed by atoms with van der Waals surface area (Å²) in [6.45, 7) is 3.26. The molecule has 0 radical (unpaired) electrons. The first kappa shape index (κ1) is 15.7. The lowest BCUT2D eigenvalue weighted by atomic mass is 10.1. The largest absolute Gasteiger partial charge is 0.491 e. The average Bonchev–Trinajstić information content (AvgIpc) is 2.99. The zero-order valence-corrected chi connectivity index (χ0v) is 12.8. The Bertz CT molecular complexity index is 551. The predicted octanol–water partition coefficient (Wildman–Crippen LogP) is 1.45. The van der Waals surface area contributed by atoms with Crippen LogP contribution in [0.2, 0.25) is 0 Å². The Labute approximate surface area is 128 Å². The molecule has 0 saturated heterocycles. The van der Waals surface area contributed by atoms with Crippen molar-refractivity contribution >= 4 is 17.1 Å². The summed E-state index contributed by atoms with van der Waals surface area (Å²) in [7, 11) is 0. The Morgan fingerprint density at radius 2 is 2.10 bits per heavy atom. The topological polar surface area (TPSA) is 63.1 Å². The molecule has 0 fully saturated rings. The Morgan fingerprint density at radius 3 is 2.71 bits per heavy atom. The number of hydrogen-bond acceptors (Lipinski definition) is 4. The summed E-state index contributed by atoms with van der Waals surface area (Å²) in [6, 6.07) is 11.1. The van der Waals surface area contributed by atoms with E-state index >= 15 is 0 Å². The highest BCUT2D eigenvalue weighted by atomic mass is 32.1. The summed E-state index contributed by atoms with van der Waals surface area (Å²) < 4.78 is 5.51. The van der Waals surface area contributed by atoms with Gasteiger partial charge >= 0.3 is 0 Å². The van der Waals surface area contributed by atoms with Crippen molar-refractivity contribution in [3.63, 3.8) is 0 Å². The molecule has 4 nitrogen and oxygen atoms in total. The number of carbonyl (C=O) groups is 1. The predicted molar refractivity (Wildman–Crippen MR) is 82.8 cm³/mol. The van der Waals surface area contributed by atoms with E-state index in [1.807, 2.05) is 11.4 Å². The summed E-state index contributed by atoms with van der Waals surface area (Å²) in [5.74, 6) is 0.696. The molecule has 0 aliphatic carbocycles. The van der Waals surface area contributed by atoms with Gasteiger partial charge in [0.2, 0.25) is 0 Å².